The molecule has 0 saturated carbocycles. The summed E-state index contributed by atoms with van der Waals surface area (Å²) in [6.07, 6.45) is 0.402. The SMILES string of the molecule is CCCN(CCC(=O)O)S(=O)(=O)c1ccc(Cl)cc1. The number of nitrogens with zero attached hydrogens (tertiary/aromatic N) is 1. The van der Waals surface area contributed by atoms with Crippen molar-refractivity contribution in [3.8, 4) is 0 Å². The van der Waals surface area contributed by atoms with Gasteiger partial charge in [0, 0.05) is 18.1 Å². The predicted octanol–water partition coefficient (Wildman–Crippen LogP) is 2.22. The number of rotatable bonds is 7. The lowest BCUT2D eigenvalue weighted by molar-refractivity contribution is -0.137. The lowest BCUT2D eigenvalue weighted by Crippen LogP contribution is -2.33. The van der Waals surface area contributed by atoms with Gasteiger partial charge in [0.2, 0.25) is 10.0 Å². The summed E-state index contributed by atoms with van der Waals surface area (Å²) in [7, 11) is -3.66. The molecule has 1 aromatic rings. The van der Waals surface area contributed by atoms with E-state index >= 15 is 0 Å². The molecule has 1 rings (SSSR count). The Bertz CT molecular complexity index is 527. The zero-order valence-corrected chi connectivity index (χ0v) is 12.1. The van der Waals surface area contributed by atoms with E-state index in [1.54, 1.807) is 0 Å². The van der Waals surface area contributed by atoms with E-state index < -0.39 is 16.0 Å². The molecule has 0 unspecified atom stereocenters. The van der Waals surface area contributed by atoms with Gasteiger partial charge in [0.05, 0.1) is 11.3 Å². The van der Waals surface area contributed by atoms with Gasteiger partial charge in [0.1, 0.15) is 0 Å². The van der Waals surface area contributed by atoms with Crippen LogP contribution in [0.25, 0.3) is 0 Å². The van der Waals surface area contributed by atoms with Crippen LogP contribution in [0.4, 0.5) is 0 Å². The maximum atomic E-state index is 12.3. The molecule has 0 heterocycles. The largest absolute Gasteiger partial charge is 0.481 e. The van der Waals surface area contributed by atoms with Gasteiger partial charge >= 0.3 is 5.97 Å². The number of carboxylic acids is 1. The number of aliphatic carboxylic acids is 1. The molecule has 0 atom stereocenters. The van der Waals surface area contributed by atoms with Crippen molar-refractivity contribution >= 4 is 27.6 Å². The Morgan fingerprint density at radius 1 is 1.26 bits per heavy atom. The van der Waals surface area contributed by atoms with Crippen molar-refractivity contribution in [3.63, 3.8) is 0 Å². The summed E-state index contributed by atoms with van der Waals surface area (Å²) in [5, 5.41) is 9.11. The number of halogens is 1. The van der Waals surface area contributed by atoms with Crippen molar-refractivity contribution in [1.29, 1.82) is 0 Å². The van der Waals surface area contributed by atoms with Crippen molar-refractivity contribution in [2.24, 2.45) is 0 Å². The standard InChI is InChI=1S/C12H16ClNO4S/c1-2-8-14(9-7-12(15)16)19(17,18)11-5-3-10(13)4-6-11/h3-6H,2,7-9H2,1H3,(H,15,16). The van der Waals surface area contributed by atoms with E-state index in [0.29, 0.717) is 11.4 Å². The molecule has 5 nitrogen and oxygen atoms in total. The highest BCUT2D eigenvalue weighted by Gasteiger charge is 2.24. The Balaban J connectivity index is 2.98. The highest BCUT2D eigenvalue weighted by atomic mass is 35.5. The van der Waals surface area contributed by atoms with E-state index in [4.69, 9.17) is 16.7 Å². The second-order valence-corrected chi connectivity index (χ2v) is 6.38. The summed E-state index contributed by atoms with van der Waals surface area (Å²) in [4.78, 5) is 10.7. The maximum Gasteiger partial charge on any atom is 0.304 e. The summed E-state index contributed by atoms with van der Waals surface area (Å²) >= 11 is 5.72. The van der Waals surface area contributed by atoms with Crippen molar-refractivity contribution < 1.29 is 18.3 Å². The molecule has 0 aliphatic carbocycles. The van der Waals surface area contributed by atoms with Crippen LogP contribution in [0.3, 0.4) is 0 Å². The third-order valence-corrected chi connectivity index (χ3v) is 4.66. The minimum Gasteiger partial charge on any atom is -0.481 e. The number of carbonyl (C=O) groups is 1. The topological polar surface area (TPSA) is 74.7 Å². The summed E-state index contributed by atoms with van der Waals surface area (Å²) in [6, 6.07) is 5.83. The number of hydrogen-bond acceptors (Lipinski definition) is 3. The molecule has 1 aromatic carbocycles. The molecule has 0 aromatic heterocycles. The van der Waals surface area contributed by atoms with Crippen molar-refractivity contribution in [3.05, 3.63) is 29.3 Å². The molecule has 0 saturated heterocycles. The van der Waals surface area contributed by atoms with Gasteiger partial charge in [0.25, 0.3) is 0 Å². The van der Waals surface area contributed by atoms with Gasteiger partial charge in [-0.3, -0.25) is 4.79 Å². The predicted molar refractivity (Wildman–Crippen MR) is 72.8 cm³/mol. The molecule has 19 heavy (non-hydrogen) atoms. The van der Waals surface area contributed by atoms with E-state index in [0.717, 1.165) is 0 Å². The summed E-state index contributed by atoms with van der Waals surface area (Å²) < 4.78 is 25.9. The van der Waals surface area contributed by atoms with Gasteiger partial charge in [-0.1, -0.05) is 18.5 Å². The first-order valence-electron chi connectivity index (χ1n) is 5.85. The highest BCUT2D eigenvalue weighted by Crippen LogP contribution is 2.19. The molecular weight excluding hydrogens is 290 g/mol. The molecule has 0 bridgehead atoms. The van der Waals surface area contributed by atoms with Crippen LogP contribution in [0.5, 0.6) is 0 Å². The summed E-state index contributed by atoms with van der Waals surface area (Å²) in [5.74, 6) is -1.02. The number of sulfonamides is 1. The number of benzene rings is 1. The molecule has 0 amide bonds. The smallest absolute Gasteiger partial charge is 0.304 e. The summed E-state index contributed by atoms with van der Waals surface area (Å²) in [5.41, 5.74) is 0. The Morgan fingerprint density at radius 2 is 1.84 bits per heavy atom. The zero-order valence-electron chi connectivity index (χ0n) is 10.5. The normalized spacial score (nSPS) is 11.7. The monoisotopic (exact) mass is 305 g/mol. The average Bonchev–Trinajstić information content (AvgIpc) is 2.34. The molecule has 0 radical (unpaired) electrons. The first-order valence-corrected chi connectivity index (χ1v) is 7.67. The first-order chi connectivity index (χ1) is 8.87. The highest BCUT2D eigenvalue weighted by molar-refractivity contribution is 7.89. The zero-order chi connectivity index (χ0) is 14.5. The second kappa shape index (κ2) is 6.88. The Morgan fingerprint density at radius 3 is 2.32 bits per heavy atom. The van der Waals surface area contributed by atoms with E-state index in [1.807, 2.05) is 6.92 Å². The van der Waals surface area contributed by atoms with Gasteiger partial charge in [-0.05, 0) is 30.7 Å². The third kappa shape index (κ3) is 4.49. The molecule has 0 aliphatic heterocycles. The van der Waals surface area contributed by atoms with Crippen LogP contribution in [0.2, 0.25) is 5.02 Å². The number of hydrogen-bond donors (Lipinski definition) is 1. The van der Waals surface area contributed by atoms with Crippen molar-refractivity contribution in [2.75, 3.05) is 13.1 Å². The van der Waals surface area contributed by atoms with Gasteiger partial charge in [-0.15, -0.1) is 0 Å². The van der Waals surface area contributed by atoms with Crippen LogP contribution >= 0.6 is 11.6 Å². The third-order valence-electron chi connectivity index (χ3n) is 2.50. The fourth-order valence-electron chi connectivity index (χ4n) is 1.58. The molecule has 0 spiro atoms. The quantitative estimate of drug-likeness (QED) is 0.838. The van der Waals surface area contributed by atoms with Crippen molar-refractivity contribution in [2.45, 2.75) is 24.7 Å². The molecular formula is C12H16ClNO4S. The van der Waals surface area contributed by atoms with Gasteiger partial charge in [-0.25, -0.2) is 8.42 Å². The molecule has 7 heteroatoms. The van der Waals surface area contributed by atoms with E-state index in [-0.39, 0.29) is 24.4 Å². The van der Waals surface area contributed by atoms with Crippen LogP contribution in [0.15, 0.2) is 29.2 Å². The Kier molecular flexibility index (Phi) is 5.78. The van der Waals surface area contributed by atoms with Crippen LogP contribution in [-0.4, -0.2) is 36.9 Å². The fourth-order valence-corrected chi connectivity index (χ4v) is 3.24. The Hall–Kier alpha value is -1.11. The average molecular weight is 306 g/mol. The van der Waals surface area contributed by atoms with Gasteiger partial charge in [-0.2, -0.15) is 4.31 Å². The van der Waals surface area contributed by atoms with Crippen molar-refractivity contribution in [1.82, 2.24) is 4.31 Å². The van der Waals surface area contributed by atoms with Crippen LogP contribution in [0.1, 0.15) is 19.8 Å². The van der Waals surface area contributed by atoms with E-state index in [2.05, 4.69) is 0 Å². The minimum atomic E-state index is -3.66. The lowest BCUT2D eigenvalue weighted by Gasteiger charge is -2.20. The molecule has 1 N–H and O–H groups in total. The second-order valence-electron chi connectivity index (χ2n) is 4.00. The van der Waals surface area contributed by atoms with Crippen LogP contribution < -0.4 is 0 Å². The maximum absolute atomic E-state index is 12.3. The van der Waals surface area contributed by atoms with Gasteiger partial charge < -0.3 is 5.11 Å². The van der Waals surface area contributed by atoms with E-state index in [1.165, 1.54) is 28.6 Å². The summed E-state index contributed by atoms with van der Waals surface area (Å²) in [6.45, 7) is 2.09. The first kappa shape index (κ1) is 15.9. The van der Waals surface area contributed by atoms with Gasteiger partial charge in [0.15, 0.2) is 0 Å². The van der Waals surface area contributed by atoms with E-state index in [9.17, 15) is 13.2 Å². The van der Waals surface area contributed by atoms with Crippen LogP contribution in [-0.2, 0) is 14.8 Å². The molecule has 106 valence electrons. The lowest BCUT2D eigenvalue weighted by atomic mass is 10.4. The Labute approximate surface area is 117 Å². The molecule has 0 aliphatic rings. The minimum absolute atomic E-state index is 0.0336. The van der Waals surface area contributed by atoms with Crippen LogP contribution in [0, 0.1) is 0 Å². The molecule has 0 fully saturated rings. The number of carboxylic acid groups (broad SMARTS) is 1. The fraction of sp³-hybridized carbons (Fsp3) is 0.417.